The van der Waals surface area contributed by atoms with Crippen molar-refractivity contribution in [2.45, 2.75) is 31.8 Å². The molecule has 0 radical (unpaired) electrons. The number of rotatable bonds is 4. The smallest absolute Gasteiger partial charge is 0.166 e. The minimum Gasteiger partial charge on any atom is -0.379 e. The largest absolute Gasteiger partial charge is 0.379 e. The van der Waals surface area contributed by atoms with Crippen LogP contribution in [0.3, 0.4) is 0 Å². The van der Waals surface area contributed by atoms with E-state index in [1.54, 1.807) is 0 Å². The Morgan fingerprint density at radius 3 is 2.75 bits per heavy atom. The molecule has 0 amide bonds. The highest BCUT2D eigenvalue weighted by Crippen LogP contribution is 2.18. The summed E-state index contributed by atoms with van der Waals surface area (Å²) < 4.78 is 5.32. The first kappa shape index (κ1) is 12.1. The first-order valence-electron chi connectivity index (χ1n) is 6.11. The van der Waals surface area contributed by atoms with E-state index in [4.69, 9.17) is 17.0 Å². The third kappa shape index (κ3) is 4.23. The fourth-order valence-electron chi connectivity index (χ4n) is 1.90. The van der Waals surface area contributed by atoms with Crippen molar-refractivity contribution in [2.75, 3.05) is 32.8 Å². The van der Waals surface area contributed by atoms with Crippen molar-refractivity contribution in [3.05, 3.63) is 0 Å². The normalized spacial score (nSPS) is 23.8. The van der Waals surface area contributed by atoms with Crippen LogP contribution >= 0.6 is 12.2 Å². The molecule has 2 fully saturated rings. The van der Waals surface area contributed by atoms with E-state index in [1.807, 2.05) is 0 Å². The second-order valence-corrected chi connectivity index (χ2v) is 5.11. The van der Waals surface area contributed by atoms with Gasteiger partial charge in [-0.15, -0.1) is 0 Å². The fraction of sp³-hybridized carbons (Fsp3) is 0.909. The molecular formula is C11H21N3OS. The predicted molar refractivity (Wildman–Crippen MR) is 68.6 cm³/mol. The zero-order valence-electron chi connectivity index (χ0n) is 9.87. The molecule has 1 aliphatic carbocycles. The summed E-state index contributed by atoms with van der Waals surface area (Å²) in [5, 5.41) is 7.44. The van der Waals surface area contributed by atoms with Crippen LogP contribution in [-0.4, -0.2) is 54.9 Å². The molecule has 0 bridgehead atoms. The molecule has 1 aliphatic heterocycles. The van der Waals surface area contributed by atoms with Crippen molar-refractivity contribution in [1.82, 2.24) is 15.5 Å². The third-order valence-electron chi connectivity index (χ3n) is 2.93. The van der Waals surface area contributed by atoms with E-state index in [2.05, 4.69) is 22.5 Å². The third-order valence-corrected chi connectivity index (χ3v) is 3.16. The zero-order chi connectivity index (χ0) is 11.4. The summed E-state index contributed by atoms with van der Waals surface area (Å²) in [6.07, 6.45) is 2.53. The van der Waals surface area contributed by atoms with Crippen LogP contribution in [0.4, 0.5) is 0 Å². The average molecular weight is 243 g/mol. The highest BCUT2D eigenvalue weighted by atomic mass is 32.1. The second-order valence-electron chi connectivity index (χ2n) is 4.71. The van der Waals surface area contributed by atoms with E-state index in [9.17, 15) is 0 Å². The quantitative estimate of drug-likeness (QED) is 0.696. The number of nitrogens with one attached hydrogen (secondary N) is 2. The van der Waals surface area contributed by atoms with Crippen LogP contribution in [0.2, 0.25) is 0 Å². The molecular weight excluding hydrogens is 222 g/mol. The number of thiocarbonyl (C=S) groups is 1. The molecule has 1 saturated carbocycles. The lowest BCUT2D eigenvalue weighted by molar-refractivity contribution is 0.0352. The van der Waals surface area contributed by atoms with Gasteiger partial charge in [0.1, 0.15) is 0 Å². The summed E-state index contributed by atoms with van der Waals surface area (Å²) in [6.45, 7) is 7.00. The molecule has 92 valence electrons. The monoisotopic (exact) mass is 243 g/mol. The lowest BCUT2D eigenvalue weighted by Gasteiger charge is -2.29. The van der Waals surface area contributed by atoms with Crippen molar-refractivity contribution in [3.8, 4) is 0 Å². The molecule has 2 rings (SSSR count). The maximum Gasteiger partial charge on any atom is 0.166 e. The maximum atomic E-state index is 5.32. The van der Waals surface area contributed by atoms with E-state index in [-0.39, 0.29) is 0 Å². The number of hydrogen-bond acceptors (Lipinski definition) is 3. The van der Waals surface area contributed by atoms with E-state index in [0.29, 0.717) is 12.1 Å². The predicted octanol–water partition coefficient (Wildman–Crippen LogP) is 0.334. The van der Waals surface area contributed by atoms with Gasteiger partial charge < -0.3 is 15.4 Å². The fourth-order valence-corrected chi connectivity index (χ4v) is 2.26. The van der Waals surface area contributed by atoms with Crippen LogP contribution in [0.15, 0.2) is 0 Å². The van der Waals surface area contributed by atoms with Crippen LogP contribution < -0.4 is 10.6 Å². The lowest BCUT2D eigenvalue weighted by Crippen LogP contribution is -2.48. The van der Waals surface area contributed by atoms with Gasteiger partial charge in [0.05, 0.1) is 13.2 Å². The Bertz CT molecular complexity index is 239. The van der Waals surface area contributed by atoms with Crippen LogP contribution in [0, 0.1) is 0 Å². The van der Waals surface area contributed by atoms with Crippen molar-refractivity contribution >= 4 is 17.3 Å². The first-order valence-corrected chi connectivity index (χ1v) is 6.52. The molecule has 2 aliphatic rings. The molecule has 2 N–H and O–H groups in total. The maximum absolute atomic E-state index is 5.32. The Morgan fingerprint density at radius 1 is 1.44 bits per heavy atom. The van der Waals surface area contributed by atoms with Gasteiger partial charge in [-0.1, -0.05) is 0 Å². The van der Waals surface area contributed by atoms with Gasteiger partial charge >= 0.3 is 0 Å². The van der Waals surface area contributed by atoms with E-state index >= 15 is 0 Å². The molecule has 1 unspecified atom stereocenters. The minimum atomic E-state index is 0.400. The summed E-state index contributed by atoms with van der Waals surface area (Å²) in [7, 11) is 0. The topological polar surface area (TPSA) is 36.5 Å². The van der Waals surface area contributed by atoms with Crippen LogP contribution in [0.25, 0.3) is 0 Å². The standard InChI is InChI=1S/C11H21N3OS/c1-9(8-14-4-6-15-7-5-14)12-11(16)13-10-2-3-10/h9-10H,2-8H2,1H3,(H2,12,13,16). The lowest BCUT2D eigenvalue weighted by atomic mass is 10.3. The minimum absolute atomic E-state index is 0.400. The molecule has 1 atom stereocenters. The zero-order valence-corrected chi connectivity index (χ0v) is 10.7. The molecule has 1 saturated heterocycles. The van der Waals surface area contributed by atoms with Gasteiger partial charge in [0.25, 0.3) is 0 Å². The summed E-state index contributed by atoms with van der Waals surface area (Å²) in [4.78, 5) is 2.42. The Balaban J connectivity index is 1.61. The van der Waals surface area contributed by atoms with Crippen molar-refractivity contribution in [1.29, 1.82) is 0 Å². The molecule has 5 heteroatoms. The van der Waals surface area contributed by atoms with Gasteiger partial charge in [-0.3, -0.25) is 4.90 Å². The van der Waals surface area contributed by atoms with E-state index in [1.165, 1.54) is 12.8 Å². The average Bonchev–Trinajstić information content (AvgIpc) is 3.02. The van der Waals surface area contributed by atoms with Crippen molar-refractivity contribution < 1.29 is 4.74 Å². The number of morpholine rings is 1. The second kappa shape index (κ2) is 5.80. The number of ether oxygens (including phenoxy) is 1. The number of nitrogens with zero attached hydrogens (tertiary/aromatic N) is 1. The van der Waals surface area contributed by atoms with Crippen LogP contribution in [-0.2, 0) is 4.74 Å². The van der Waals surface area contributed by atoms with E-state index < -0.39 is 0 Å². The Morgan fingerprint density at radius 2 is 2.12 bits per heavy atom. The summed E-state index contributed by atoms with van der Waals surface area (Å²) in [6, 6.07) is 1.03. The van der Waals surface area contributed by atoms with E-state index in [0.717, 1.165) is 38.0 Å². The van der Waals surface area contributed by atoms with Gasteiger partial charge in [-0.25, -0.2) is 0 Å². The Hall–Kier alpha value is -0.390. The summed E-state index contributed by atoms with van der Waals surface area (Å²) in [5.74, 6) is 0. The Kier molecular flexibility index (Phi) is 4.37. The van der Waals surface area contributed by atoms with Crippen LogP contribution in [0.5, 0.6) is 0 Å². The molecule has 0 aromatic carbocycles. The molecule has 0 aromatic rings. The highest BCUT2D eigenvalue weighted by molar-refractivity contribution is 7.80. The van der Waals surface area contributed by atoms with Gasteiger partial charge in [0.15, 0.2) is 5.11 Å². The summed E-state index contributed by atoms with van der Waals surface area (Å²) >= 11 is 5.25. The molecule has 16 heavy (non-hydrogen) atoms. The highest BCUT2D eigenvalue weighted by Gasteiger charge is 2.22. The van der Waals surface area contributed by atoms with Gasteiger partial charge in [-0.2, -0.15) is 0 Å². The van der Waals surface area contributed by atoms with Gasteiger partial charge in [0, 0.05) is 31.7 Å². The SMILES string of the molecule is CC(CN1CCOCC1)NC(=S)NC1CC1. The molecule has 1 heterocycles. The number of hydrogen-bond donors (Lipinski definition) is 2. The first-order chi connectivity index (χ1) is 7.74. The molecule has 0 spiro atoms. The van der Waals surface area contributed by atoms with Crippen molar-refractivity contribution in [2.24, 2.45) is 0 Å². The van der Waals surface area contributed by atoms with Crippen molar-refractivity contribution in [3.63, 3.8) is 0 Å². The van der Waals surface area contributed by atoms with Crippen LogP contribution in [0.1, 0.15) is 19.8 Å². The van der Waals surface area contributed by atoms with Gasteiger partial charge in [-0.05, 0) is 32.0 Å². The van der Waals surface area contributed by atoms with Gasteiger partial charge in [0.2, 0.25) is 0 Å². The molecule has 0 aromatic heterocycles. The Labute approximate surface area is 103 Å². The molecule has 4 nitrogen and oxygen atoms in total. The summed E-state index contributed by atoms with van der Waals surface area (Å²) in [5.41, 5.74) is 0.